The van der Waals surface area contributed by atoms with Crippen molar-refractivity contribution in [3.8, 4) is 17.2 Å². The molecular formula is C26H27NO6. The molecule has 7 heteroatoms. The van der Waals surface area contributed by atoms with E-state index in [1.807, 2.05) is 31.2 Å². The Kier molecular flexibility index (Phi) is 8.30. The lowest BCUT2D eigenvalue weighted by Gasteiger charge is -2.19. The zero-order chi connectivity index (χ0) is 23.6. The number of esters is 1. The fourth-order valence-electron chi connectivity index (χ4n) is 3.19. The summed E-state index contributed by atoms with van der Waals surface area (Å²) in [5.41, 5.74) is 2.01. The molecule has 0 heterocycles. The van der Waals surface area contributed by atoms with Gasteiger partial charge >= 0.3 is 5.97 Å². The van der Waals surface area contributed by atoms with Crippen LogP contribution in [0.2, 0.25) is 0 Å². The summed E-state index contributed by atoms with van der Waals surface area (Å²) in [5, 5.41) is 2.81. The van der Waals surface area contributed by atoms with Gasteiger partial charge in [-0.15, -0.1) is 0 Å². The summed E-state index contributed by atoms with van der Waals surface area (Å²) in [6.45, 7) is 1.99. The molecule has 1 atom stereocenters. The van der Waals surface area contributed by atoms with Crippen molar-refractivity contribution < 1.29 is 28.5 Å². The Morgan fingerprint density at radius 2 is 1.52 bits per heavy atom. The van der Waals surface area contributed by atoms with E-state index < -0.39 is 18.0 Å². The van der Waals surface area contributed by atoms with Crippen molar-refractivity contribution in [1.82, 2.24) is 0 Å². The number of hydrogen-bond donors (Lipinski definition) is 1. The molecule has 0 bridgehead atoms. The van der Waals surface area contributed by atoms with Gasteiger partial charge in [0.05, 0.1) is 32.9 Å². The minimum atomic E-state index is -1.13. The van der Waals surface area contributed by atoms with Crippen molar-refractivity contribution >= 4 is 17.6 Å². The van der Waals surface area contributed by atoms with Gasteiger partial charge in [0.1, 0.15) is 5.75 Å². The van der Waals surface area contributed by atoms with Gasteiger partial charge in [0.15, 0.2) is 11.5 Å². The molecule has 0 fully saturated rings. The maximum atomic E-state index is 13.1. The highest BCUT2D eigenvalue weighted by Gasteiger charge is 2.26. The van der Waals surface area contributed by atoms with Gasteiger partial charge in [0.2, 0.25) is 6.10 Å². The molecule has 3 aromatic carbocycles. The number of carbonyl (C=O) groups is 2. The van der Waals surface area contributed by atoms with Crippen LogP contribution in [-0.2, 0) is 14.3 Å². The van der Waals surface area contributed by atoms with Crippen LogP contribution in [0.5, 0.6) is 17.2 Å². The van der Waals surface area contributed by atoms with Crippen LogP contribution in [0.1, 0.15) is 23.7 Å². The van der Waals surface area contributed by atoms with Crippen LogP contribution in [0, 0.1) is 6.92 Å². The molecule has 1 unspecified atom stereocenters. The van der Waals surface area contributed by atoms with Gasteiger partial charge in [-0.1, -0.05) is 48.5 Å². The lowest BCUT2D eigenvalue weighted by molar-refractivity contribution is -0.155. The first-order valence-corrected chi connectivity index (χ1v) is 10.5. The average molecular weight is 450 g/mol. The molecule has 0 saturated carbocycles. The van der Waals surface area contributed by atoms with Crippen LogP contribution in [0.3, 0.4) is 0 Å². The number of nitrogens with one attached hydrogen (secondary N) is 1. The van der Waals surface area contributed by atoms with Gasteiger partial charge < -0.3 is 24.3 Å². The Morgan fingerprint density at radius 1 is 0.848 bits per heavy atom. The smallest absolute Gasteiger partial charge is 0.310 e. The van der Waals surface area contributed by atoms with E-state index in [2.05, 4.69) is 5.32 Å². The maximum Gasteiger partial charge on any atom is 0.310 e. The third-order valence-electron chi connectivity index (χ3n) is 4.84. The number of para-hydroxylation sites is 2. The molecule has 0 aliphatic rings. The van der Waals surface area contributed by atoms with E-state index in [1.165, 1.54) is 7.11 Å². The number of ether oxygens (including phenoxy) is 4. The van der Waals surface area contributed by atoms with Crippen LogP contribution in [0.4, 0.5) is 5.69 Å². The average Bonchev–Trinajstić information content (AvgIpc) is 2.83. The van der Waals surface area contributed by atoms with Gasteiger partial charge in [-0.2, -0.15) is 0 Å². The normalized spacial score (nSPS) is 11.2. The molecule has 1 amide bonds. The standard InChI is InChI=1S/C26H27NO6/c1-18-13-14-21(30-2)20(17-18)27-26(29)25(19-9-5-4-6-10-19)33-24(28)15-16-32-23-12-8-7-11-22(23)31-3/h4-14,17,25H,15-16H2,1-3H3,(H,27,29). The fourth-order valence-corrected chi connectivity index (χ4v) is 3.19. The molecule has 0 spiro atoms. The minimum Gasteiger partial charge on any atom is -0.495 e. The summed E-state index contributed by atoms with van der Waals surface area (Å²) >= 11 is 0. The first-order chi connectivity index (χ1) is 16.0. The SMILES string of the molecule is COc1ccc(C)cc1NC(=O)C(OC(=O)CCOc1ccccc1OC)c1ccccc1. The molecule has 0 aliphatic carbocycles. The number of amides is 1. The van der Waals surface area contributed by atoms with E-state index in [-0.39, 0.29) is 13.0 Å². The zero-order valence-corrected chi connectivity index (χ0v) is 18.9. The number of anilines is 1. The number of benzene rings is 3. The maximum absolute atomic E-state index is 13.1. The molecule has 0 aliphatic heterocycles. The second-order valence-corrected chi connectivity index (χ2v) is 7.22. The zero-order valence-electron chi connectivity index (χ0n) is 18.9. The quantitative estimate of drug-likeness (QED) is 0.452. The molecule has 172 valence electrons. The van der Waals surface area contributed by atoms with Crippen LogP contribution in [-0.4, -0.2) is 32.7 Å². The molecule has 0 saturated heterocycles. The van der Waals surface area contributed by atoms with Crippen molar-refractivity contribution in [2.75, 3.05) is 26.1 Å². The van der Waals surface area contributed by atoms with E-state index in [4.69, 9.17) is 18.9 Å². The first-order valence-electron chi connectivity index (χ1n) is 10.5. The van der Waals surface area contributed by atoms with Crippen LogP contribution >= 0.6 is 0 Å². The Bertz CT molecular complexity index is 1080. The lowest BCUT2D eigenvalue weighted by Crippen LogP contribution is -2.26. The van der Waals surface area contributed by atoms with Crippen molar-refractivity contribution in [2.45, 2.75) is 19.4 Å². The number of hydrogen-bond acceptors (Lipinski definition) is 6. The van der Waals surface area contributed by atoms with E-state index in [0.29, 0.717) is 28.5 Å². The second kappa shape index (κ2) is 11.6. The highest BCUT2D eigenvalue weighted by Crippen LogP contribution is 2.28. The van der Waals surface area contributed by atoms with E-state index >= 15 is 0 Å². The third-order valence-corrected chi connectivity index (χ3v) is 4.84. The Hall–Kier alpha value is -4.00. The van der Waals surface area contributed by atoms with Crippen LogP contribution in [0.25, 0.3) is 0 Å². The second-order valence-electron chi connectivity index (χ2n) is 7.22. The molecule has 0 radical (unpaired) electrons. The number of rotatable bonds is 10. The summed E-state index contributed by atoms with van der Waals surface area (Å²) in [5.74, 6) is 0.558. The van der Waals surface area contributed by atoms with E-state index in [9.17, 15) is 9.59 Å². The summed E-state index contributed by atoms with van der Waals surface area (Å²) in [7, 11) is 3.07. The summed E-state index contributed by atoms with van der Waals surface area (Å²) in [6, 6.07) is 21.4. The Morgan fingerprint density at radius 3 is 2.21 bits per heavy atom. The summed E-state index contributed by atoms with van der Waals surface area (Å²) in [4.78, 5) is 25.7. The minimum absolute atomic E-state index is 0.0393. The molecule has 1 N–H and O–H groups in total. The topological polar surface area (TPSA) is 83.1 Å². The molecule has 7 nitrogen and oxygen atoms in total. The molecular weight excluding hydrogens is 422 g/mol. The van der Waals surface area contributed by atoms with Crippen molar-refractivity contribution in [2.24, 2.45) is 0 Å². The van der Waals surface area contributed by atoms with E-state index in [0.717, 1.165) is 5.56 Å². The van der Waals surface area contributed by atoms with Gasteiger partial charge in [0.25, 0.3) is 5.91 Å². The predicted octanol–water partition coefficient (Wildman–Crippen LogP) is 4.70. The van der Waals surface area contributed by atoms with Crippen molar-refractivity contribution in [3.63, 3.8) is 0 Å². The Balaban J connectivity index is 1.69. The summed E-state index contributed by atoms with van der Waals surface area (Å²) < 4.78 is 21.8. The fraction of sp³-hybridized carbons (Fsp3) is 0.231. The van der Waals surface area contributed by atoms with E-state index in [1.54, 1.807) is 55.6 Å². The summed E-state index contributed by atoms with van der Waals surface area (Å²) in [6.07, 6.45) is -1.17. The first kappa shape index (κ1) is 23.7. The monoisotopic (exact) mass is 449 g/mol. The van der Waals surface area contributed by atoms with Gasteiger partial charge in [-0.3, -0.25) is 9.59 Å². The van der Waals surface area contributed by atoms with Crippen molar-refractivity contribution in [1.29, 1.82) is 0 Å². The molecule has 33 heavy (non-hydrogen) atoms. The number of aryl methyl sites for hydroxylation is 1. The Labute approximate surface area is 193 Å². The number of carbonyl (C=O) groups excluding carboxylic acids is 2. The number of methoxy groups -OCH3 is 2. The largest absolute Gasteiger partial charge is 0.495 e. The van der Waals surface area contributed by atoms with Crippen LogP contribution < -0.4 is 19.5 Å². The third kappa shape index (κ3) is 6.49. The molecule has 0 aromatic heterocycles. The van der Waals surface area contributed by atoms with Gasteiger partial charge in [-0.05, 0) is 36.8 Å². The lowest BCUT2D eigenvalue weighted by atomic mass is 10.1. The predicted molar refractivity (Wildman–Crippen MR) is 125 cm³/mol. The van der Waals surface area contributed by atoms with Crippen molar-refractivity contribution in [3.05, 3.63) is 83.9 Å². The van der Waals surface area contributed by atoms with Gasteiger partial charge in [-0.25, -0.2) is 0 Å². The highest BCUT2D eigenvalue weighted by molar-refractivity contribution is 5.97. The molecule has 3 rings (SSSR count). The van der Waals surface area contributed by atoms with Crippen LogP contribution in [0.15, 0.2) is 72.8 Å². The highest BCUT2D eigenvalue weighted by atomic mass is 16.6. The molecule has 3 aromatic rings. The van der Waals surface area contributed by atoms with Gasteiger partial charge in [0, 0.05) is 5.56 Å².